The number of piperidine rings is 1. The largest absolute Gasteiger partial charge is 0.508 e. The highest BCUT2D eigenvalue weighted by Gasteiger charge is 2.39. The minimum absolute atomic E-state index is 0.000423. The molecule has 4 amide bonds. The summed E-state index contributed by atoms with van der Waals surface area (Å²) in [6.07, 6.45) is 2.29. The molecule has 0 saturated carbocycles. The van der Waals surface area contributed by atoms with Gasteiger partial charge in [-0.3, -0.25) is 38.7 Å². The molecule has 3 aromatic carbocycles. The van der Waals surface area contributed by atoms with Crippen molar-refractivity contribution in [3.63, 3.8) is 0 Å². The number of nitrogens with zero attached hydrogens (tertiary/aromatic N) is 5. The minimum Gasteiger partial charge on any atom is -0.508 e. The van der Waals surface area contributed by atoms with Crippen molar-refractivity contribution in [2.24, 2.45) is 0 Å². The molecule has 0 aliphatic carbocycles. The van der Waals surface area contributed by atoms with E-state index in [0.717, 1.165) is 30.5 Å². The number of hydrogen-bond donors (Lipinski definition) is 5. The number of aldehydes is 1. The van der Waals surface area contributed by atoms with Gasteiger partial charge in [-0.1, -0.05) is 19.9 Å². The maximum absolute atomic E-state index is 12.5. The fraction of sp³-hybridized carbons (Fsp3) is 0.366. The number of rotatable bonds is 13. The molecule has 2 aliphatic rings. The molecule has 3 heterocycles. The summed E-state index contributed by atoms with van der Waals surface area (Å²) in [5.41, 5.74) is 4.42. The zero-order valence-electron chi connectivity index (χ0n) is 33.4. The highest BCUT2D eigenvalue weighted by atomic mass is 16.5. The SMILES string of the molecule is CCNC(=O)c1nnc(-c2cc(C(C)C)c(O)cc2O)n1-c1ccc(C=O)cc1.CN(C)CCCOC=O.CNc1cccc2c1CN(C1CCC(=O)NC1=O)C2=O. The maximum Gasteiger partial charge on any atom is 0.293 e. The third-order valence-electron chi connectivity index (χ3n) is 9.29. The van der Waals surface area contributed by atoms with E-state index in [1.54, 1.807) is 55.3 Å². The molecule has 0 bridgehead atoms. The third kappa shape index (κ3) is 10.6. The van der Waals surface area contributed by atoms with E-state index in [1.807, 2.05) is 45.0 Å². The first-order chi connectivity index (χ1) is 27.8. The highest BCUT2D eigenvalue weighted by molar-refractivity contribution is 6.06. The first-order valence-electron chi connectivity index (χ1n) is 18.8. The number of carbonyl (C=O) groups excluding carboxylic acids is 6. The molecule has 1 saturated heterocycles. The maximum atomic E-state index is 12.5. The fourth-order valence-electron chi connectivity index (χ4n) is 6.36. The Balaban J connectivity index is 0.000000221. The number of aromatic nitrogens is 3. The predicted octanol–water partition coefficient (Wildman–Crippen LogP) is 3.63. The second kappa shape index (κ2) is 20.5. The van der Waals surface area contributed by atoms with Gasteiger partial charge in [0, 0.05) is 67.2 Å². The van der Waals surface area contributed by atoms with Gasteiger partial charge in [-0.15, -0.1) is 10.2 Å². The predicted molar refractivity (Wildman–Crippen MR) is 215 cm³/mol. The summed E-state index contributed by atoms with van der Waals surface area (Å²) in [5.74, 6) is -1.15. The number of fused-ring (bicyclic) bond motifs is 1. The smallest absolute Gasteiger partial charge is 0.293 e. The molecule has 17 nitrogen and oxygen atoms in total. The summed E-state index contributed by atoms with van der Waals surface area (Å²) in [6.45, 7) is 8.41. The van der Waals surface area contributed by atoms with E-state index in [9.17, 15) is 39.0 Å². The van der Waals surface area contributed by atoms with Crippen molar-refractivity contribution in [3.05, 3.63) is 82.7 Å². The fourth-order valence-corrected chi connectivity index (χ4v) is 6.36. The molecular weight excluding hydrogens is 748 g/mol. The molecule has 1 aromatic heterocycles. The summed E-state index contributed by atoms with van der Waals surface area (Å²) < 4.78 is 5.99. The number of amides is 4. The lowest BCUT2D eigenvalue weighted by molar-refractivity contribution is -0.137. The Morgan fingerprint density at radius 1 is 1.03 bits per heavy atom. The van der Waals surface area contributed by atoms with Gasteiger partial charge in [0.05, 0.1) is 12.2 Å². The molecule has 4 aromatic rings. The van der Waals surface area contributed by atoms with Gasteiger partial charge in [0.15, 0.2) is 5.82 Å². The number of phenolic OH excluding ortho intramolecular Hbond substituents is 2. The number of phenols is 2. The van der Waals surface area contributed by atoms with E-state index in [1.165, 1.54) is 10.6 Å². The van der Waals surface area contributed by atoms with E-state index in [0.29, 0.717) is 60.5 Å². The zero-order valence-corrected chi connectivity index (χ0v) is 33.4. The van der Waals surface area contributed by atoms with Gasteiger partial charge >= 0.3 is 0 Å². The lowest BCUT2D eigenvalue weighted by atomic mass is 9.98. The number of carbonyl (C=O) groups is 6. The molecule has 308 valence electrons. The van der Waals surface area contributed by atoms with E-state index in [2.05, 4.69) is 30.9 Å². The van der Waals surface area contributed by atoms with E-state index in [-0.39, 0.29) is 53.2 Å². The number of imide groups is 1. The molecule has 5 N–H and O–H groups in total. The van der Waals surface area contributed by atoms with Crippen molar-refractivity contribution < 1.29 is 43.7 Å². The monoisotopic (exact) mass is 798 g/mol. The molecule has 17 heteroatoms. The summed E-state index contributed by atoms with van der Waals surface area (Å²) in [7, 11) is 5.77. The minimum atomic E-state index is -0.558. The molecule has 2 aliphatic heterocycles. The topological polar surface area (TPSA) is 225 Å². The zero-order chi connectivity index (χ0) is 42.5. The van der Waals surface area contributed by atoms with Gasteiger partial charge in [-0.2, -0.15) is 0 Å². The Bertz CT molecular complexity index is 2110. The van der Waals surface area contributed by atoms with Crippen LogP contribution in [0, 0.1) is 0 Å². The average molecular weight is 799 g/mol. The molecule has 6 rings (SSSR count). The van der Waals surface area contributed by atoms with Gasteiger partial charge in [0.25, 0.3) is 18.3 Å². The number of nitrogens with one attached hydrogen (secondary N) is 3. The number of ether oxygens (including phenoxy) is 1. The third-order valence-corrected chi connectivity index (χ3v) is 9.29. The Kier molecular flexibility index (Phi) is 15.6. The Morgan fingerprint density at radius 2 is 1.76 bits per heavy atom. The van der Waals surface area contributed by atoms with Crippen LogP contribution in [0.5, 0.6) is 11.5 Å². The number of benzene rings is 3. The van der Waals surface area contributed by atoms with Crippen LogP contribution in [0.4, 0.5) is 5.69 Å². The van der Waals surface area contributed by atoms with E-state index in [4.69, 9.17) is 0 Å². The highest BCUT2D eigenvalue weighted by Crippen LogP contribution is 2.38. The quantitative estimate of drug-likeness (QED) is 0.0741. The summed E-state index contributed by atoms with van der Waals surface area (Å²) in [4.78, 5) is 72.2. The number of hydrogen-bond acceptors (Lipinski definition) is 13. The van der Waals surface area contributed by atoms with Crippen molar-refractivity contribution in [2.45, 2.75) is 58.5 Å². The van der Waals surface area contributed by atoms with Crippen LogP contribution in [0.25, 0.3) is 17.1 Å². The standard InChI is InChI=1S/C21H22N4O4.C14H15N3O3.C6H13NO2/c1-4-22-21(29)20-24-23-19(25(20)14-7-5-13(11-26)6-8-14)16-9-15(12(2)3)17(27)10-18(16)28;1-15-10-4-2-3-8-9(10)7-17(14(8)20)11-5-6-12(18)16-13(11)19;1-7(2)4-3-5-9-6-8/h5-12,27-28H,4H2,1-3H3,(H,22,29);2-4,11,15H,5-7H2,1H3,(H,16,18,19);6H,3-5H2,1-2H3. The molecular formula is C41H50N8O9. The van der Waals surface area contributed by atoms with Gasteiger partial charge in [0.2, 0.25) is 17.6 Å². The van der Waals surface area contributed by atoms with Crippen LogP contribution in [0.15, 0.2) is 54.6 Å². The van der Waals surface area contributed by atoms with Crippen LogP contribution < -0.4 is 16.0 Å². The van der Waals surface area contributed by atoms with E-state index < -0.39 is 11.9 Å². The van der Waals surface area contributed by atoms with Crippen LogP contribution in [-0.4, -0.2) is 118 Å². The lowest BCUT2D eigenvalue weighted by Gasteiger charge is -2.29. The molecule has 58 heavy (non-hydrogen) atoms. The second-order valence-electron chi connectivity index (χ2n) is 13.9. The first kappa shape index (κ1) is 44.1. The van der Waals surface area contributed by atoms with Crippen LogP contribution >= 0.6 is 0 Å². The van der Waals surface area contributed by atoms with E-state index >= 15 is 0 Å². The summed E-state index contributed by atoms with van der Waals surface area (Å²) in [6, 6.07) is 14.4. The van der Waals surface area contributed by atoms with Crippen LogP contribution in [0.3, 0.4) is 0 Å². The molecule has 1 fully saturated rings. The van der Waals surface area contributed by atoms with Crippen molar-refractivity contribution in [3.8, 4) is 28.6 Å². The van der Waals surface area contributed by atoms with Crippen molar-refractivity contribution in [2.75, 3.05) is 46.2 Å². The molecule has 0 radical (unpaired) electrons. The number of aromatic hydroxyl groups is 2. The summed E-state index contributed by atoms with van der Waals surface area (Å²) >= 11 is 0. The van der Waals surface area contributed by atoms with Crippen molar-refractivity contribution >= 4 is 42.1 Å². The van der Waals surface area contributed by atoms with Crippen LogP contribution in [0.1, 0.15) is 88.4 Å². The molecule has 1 atom stereocenters. The normalized spacial score (nSPS) is 14.4. The molecule has 1 unspecified atom stereocenters. The van der Waals surface area contributed by atoms with Crippen molar-refractivity contribution in [1.82, 2.24) is 35.2 Å². The molecule has 0 spiro atoms. The summed E-state index contributed by atoms with van der Waals surface area (Å²) in [5, 5.41) is 36.8. The van der Waals surface area contributed by atoms with Crippen LogP contribution in [-0.2, 0) is 25.7 Å². The second-order valence-corrected chi connectivity index (χ2v) is 13.9. The van der Waals surface area contributed by atoms with Crippen molar-refractivity contribution in [1.29, 1.82) is 0 Å². The van der Waals surface area contributed by atoms with Gasteiger partial charge < -0.3 is 35.4 Å². The Labute approximate surface area is 336 Å². The first-order valence-corrected chi connectivity index (χ1v) is 18.8. The van der Waals surface area contributed by atoms with Gasteiger partial charge in [-0.05, 0) is 87.8 Å². The van der Waals surface area contributed by atoms with Gasteiger partial charge in [0.1, 0.15) is 23.8 Å². The Morgan fingerprint density at radius 3 is 2.36 bits per heavy atom. The Hall–Kier alpha value is -6.62. The number of anilines is 1. The average Bonchev–Trinajstić information content (AvgIpc) is 3.78. The lowest BCUT2D eigenvalue weighted by Crippen LogP contribution is -2.52. The van der Waals surface area contributed by atoms with Crippen LogP contribution in [0.2, 0.25) is 0 Å². The van der Waals surface area contributed by atoms with Gasteiger partial charge in [-0.25, -0.2) is 0 Å².